The molecule has 0 aliphatic carbocycles. The van der Waals surface area contributed by atoms with Gasteiger partial charge in [-0.05, 0) is 35.2 Å². The molecule has 2 aromatic carbocycles. The average Bonchev–Trinajstić information content (AvgIpc) is 3.03. The van der Waals surface area contributed by atoms with Gasteiger partial charge in [0, 0.05) is 23.0 Å². The number of ether oxygens (including phenoxy) is 1. The molecule has 1 atom stereocenters. The lowest BCUT2D eigenvalue weighted by Gasteiger charge is -2.16. The third-order valence-electron chi connectivity index (χ3n) is 4.49. The molecule has 0 saturated carbocycles. The average molecular weight is 323 g/mol. The van der Waals surface area contributed by atoms with Gasteiger partial charge in [-0.1, -0.05) is 37.3 Å². The van der Waals surface area contributed by atoms with Gasteiger partial charge in [0.1, 0.15) is 5.75 Å². The first-order chi connectivity index (χ1) is 11.6. The normalized spacial score (nSPS) is 12.2. The van der Waals surface area contributed by atoms with Gasteiger partial charge in [-0.3, -0.25) is 4.79 Å². The van der Waals surface area contributed by atoms with Crippen molar-refractivity contribution in [2.75, 3.05) is 7.11 Å². The topological polar surface area (TPSA) is 62.3 Å². The molecule has 4 nitrogen and oxygen atoms in total. The Labute approximate surface area is 141 Å². The second kappa shape index (κ2) is 6.79. The molecule has 124 valence electrons. The van der Waals surface area contributed by atoms with Crippen LogP contribution in [-0.4, -0.2) is 23.2 Å². The van der Waals surface area contributed by atoms with Crippen molar-refractivity contribution >= 4 is 16.9 Å². The molecule has 0 spiro atoms. The molecular weight excluding hydrogens is 302 g/mol. The van der Waals surface area contributed by atoms with Crippen LogP contribution in [0.2, 0.25) is 0 Å². The van der Waals surface area contributed by atoms with Crippen molar-refractivity contribution in [1.29, 1.82) is 0 Å². The van der Waals surface area contributed by atoms with Crippen molar-refractivity contribution in [2.45, 2.75) is 25.7 Å². The number of aromatic amines is 1. The predicted molar refractivity (Wildman–Crippen MR) is 94.8 cm³/mol. The number of rotatable bonds is 6. The molecule has 1 heterocycles. The molecule has 0 aliphatic heterocycles. The minimum absolute atomic E-state index is 0.0512. The van der Waals surface area contributed by atoms with Crippen LogP contribution >= 0.6 is 0 Å². The molecule has 3 rings (SSSR count). The number of H-pyrrole nitrogens is 1. The molecule has 0 fully saturated rings. The summed E-state index contributed by atoms with van der Waals surface area (Å²) in [4.78, 5) is 14.8. The van der Waals surface area contributed by atoms with Crippen molar-refractivity contribution in [1.82, 2.24) is 4.98 Å². The zero-order valence-corrected chi connectivity index (χ0v) is 13.9. The number of carboxylic acid groups (broad SMARTS) is 1. The van der Waals surface area contributed by atoms with Crippen molar-refractivity contribution in [3.05, 3.63) is 65.4 Å². The zero-order chi connectivity index (χ0) is 17.1. The lowest BCUT2D eigenvalue weighted by Crippen LogP contribution is -2.07. The number of carbonyl (C=O) groups is 1. The third-order valence-corrected chi connectivity index (χ3v) is 4.49. The van der Waals surface area contributed by atoms with Crippen LogP contribution < -0.4 is 4.74 Å². The number of aliphatic carboxylic acids is 1. The standard InChI is InChI=1S/C20H21NO3/c1-3-13-5-4-6-16-18(12-21-20(13)16)17(11-19(22)23)14-7-9-15(24-2)10-8-14/h4-10,12,17,21H,3,11H2,1-2H3,(H,22,23)/t17-/m1/s1. The molecule has 0 aliphatic rings. The van der Waals surface area contributed by atoms with Crippen LogP contribution in [0, 0.1) is 0 Å². The summed E-state index contributed by atoms with van der Waals surface area (Å²) in [5.74, 6) is -0.244. The maximum atomic E-state index is 11.4. The number of nitrogens with one attached hydrogen (secondary N) is 1. The molecule has 2 N–H and O–H groups in total. The van der Waals surface area contributed by atoms with Crippen molar-refractivity contribution < 1.29 is 14.6 Å². The summed E-state index contributed by atoms with van der Waals surface area (Å²) in [5, 5.41) is 10.5. The van der Waals surface area contributed by atoms with Gasteiger partial charge < -0.3 is 14.8 Å². The molecule has 1 aromatic heterocycles. The number of carboxylic acids is 1. The number of fused-ring (bicyclic) bond motifs is 1. The van der Waals surface area contributed by atoms with E-state index < -0.39 is 5.97 Å². The highest BCUT2D eigenvalue weighted by Gasteiger charge is 2.21. The van der Waals surface area contributed by atoms with E-state index in [4.69, 9.17) is 4.74 Å². The molecule has 0 saturated heterocycles. The van der Waals surface area contributed by atoms with Gasteiger partial charge in [-0.25, -0.2) is 0 Å². The van der Waals surface area contributed by atoms with Gasteiger partial charge in [0.2, 0.25) is 0 Å². The lowest BCUT2D eigenvalue weighted by molar-refractivity contribution is -0.137. The highest BCUT2D eigenvalue weighted by Crippen LogP contribution is 2.35. The minimum Gasteiger partial charge on any atom is -0.497 e. The van der Waals surface area contributed by atoms with Crippen LogP contribution in [0.3, 0.4) is 0 Å². The summed E-state index contributed by atoms with van der Waals surface area (Å²) in [7, 11) is 1.62. The van der Waals surface area contributed by atoms with Crippen molar-refractivity contribution in [3.8, 4) is 5.75 Å². The number of benzene rings is 2. The molecule has 3 aromatic rings. The van der Waals surface area contributed by atoms with Crippen molar-refractivity contribution in [2.24, 2.45) is 0 Å². The van der Waals surface area contributed by atoms with Crippen LogP contribution in [0.5, 0.6) is 5.75 Å². The summed E-state index contributed by atoms with van der Waals surface area (Å²) in [6.07, 6.45) is 2.93. The summed E-state index contributed by atoms with van der Waals surface area (Å²) in [6.45, 7) is 2.12. The summed E-state index contributed by atoms with van der Waals surface area (Å²) >= 11 is 0. The van der Waals surface area contributed by atoms with Crippen LogP contribution in [0.25, 0.3) is 10.9 Å². The maximum Gasteiger partial charge on any atom is 0.304 e. The highest BCUT2D eigenvalue weighted by molar-refractivity contribution is 5.87. The van der Waals surface area contributed by atoms with Gasteiger partial charge in [0.15, 0.2) is 0 Å². The fraction of sp³-hybridized carbons (Fsp3) is 0.250. The molecule has 4 heteroatoms. The Morgan fingerprint density at radius 2 is 1.96 bits per heavy atom. The summed E-state index contributed by atoms with van der Waals surface area (Å²) in [5.41, 5.74) is 4.33. The van der Waals surface area contributed by atoms with E-state index in [1.807, 2.05) is 36.5 Å². The second-order valence-corrected chi connectivity index (χ2v) is 5.86. The number of hydrogen-bond donors (Lipinski definition) is 2. The molecule has 0 radical (unpaired) electrons. The van der Waals surface area contributed by atoms with Crippen LogP contribution in [0.15, 0.2) is 48.7 Å². The Hall–Kier alpha value is -2.75. The first-order valence-corrected chi connectivity index (χ1v) is 8.08. The quantitative estimate of drug-likeness (QED) is 0.709. The lowest BCUT2D eigenvalue weighted by atomic mass is 9.88. The third kappa shape index (κ3) is 3.00. The molecule has 0 bridgehead atoms. The molecule has 24 heavy (non-hydrogen) atoms. The molecular formula is C20H21NO3. The minimum atomic E-state index is -0.809. The van der Waals surface area contributed by atoms with E-state index in [1.165, 1.54) is 5.56 Å². The van der Waals surface area contributed by atoms with Gasteiger partial charge in [-0.2, -0.15) is 0 Å². The largest absolute Gasteiger partial charge is 0.497 e. The van der Waals surface area contributed by atoms with E-state index in [2.05, 4.69) is 24.0 Å². The van der Waals surface area contributed by atoms with Gasteiger partial charge >= 0.3 is 5.97 Å². The van der Waals surface area contributed by atoms with E-state index >= 15 is 0 Å². The van der Waals surface area contributed by atoms with Gasteiger partial charge in [0.25, 0.3) is 0 Å². The number of hydrogen-bond acceptors (Lipinski definition) is 2. The Bertz CT molecular complexity index is 849. The van der Waals surface area contributed by atoms with Crippen molar-refractivity contribution in [3.63, 3.8) is 0 Å². The SMILES string of the molecule is CCc1cccc2c([C@H](CC(=O)O)c3ccc(OC)cc3)c[nH]c12. The van der Waals surface area contributed by atoms with Crippen LogP contribution in [0.4, 0.5) is 0 Å². The Morgan fingerprint density at radius 1 is 1.21 bits per heavy atom. The number of methoxy groups -OCH3 is 1. The van der Waals surface area contributed by atoms with E-state index in [0.29, 0.717) is 0 Å². The first kappa shape index (κ1) is 16.1. The van der Waals surface area contributed by atoms with E-state index in [0.717, 1.165) is 34.2 Å². The Balaban J connectivity index is 2.10. The summed E-state index contributed by atoms with van der Waals surface area (Å²) < 4.78 is 5.20. The second-order valence-electron chi connectivity index (χ2n) is 5.86. The number of aromatic nitrogens is 1. The Morgan fingerprint density at radius 3 is 2.58 bits per heavy atom. The smallest absolute Gasteiger partial charge is 0.304 e. The van der Waals surface area contributed by atoms with Crippen LogP contribution in [-0.2, 0) is 11.2 Å². The first-order valence-electron chi connectivity index (χ1n) is 8.08. The number of aryl methyl sites for hydroxylation is 1. The zero-order valence-electron chi connectivity index (χ0n) is 13.9. The monoisotopic (exact) mass is 323 g/mol. The fourth-order valence-corrected chi connectivity index (χ4v) is 3.24. The van der Waals surface area contributed by atoms with E-state index in [-0.39, 0.29) is 12.3 Å². The Kier molecular flexibility index (Phi) is 4.56. The maximum absolute atomic E-state index is 11.4. The molecule has 0 amide bonds. The van der Waals surface area contributed by atoms with Gasteiger partial charge in [-0.15, -0.1) is 0 Å². The predicted octanol–water partition coefficient (Wildman–Crippen LogP) is 4.35. The highest BCUT2D eigenvalue weighted by atomic mass is 16.5. The summed E-state index contributed by atoms with van der Waals surface area (Å²) in [6, 6.07) is 13.8. The van der Waals surface area contributed by atoms with Gasteiger partial charge in [0.05, 0.1) is 13.5 Å². The van der Waals surface area contributed by atoms with E-state index in [1.54, 1.807) is 7.11 Å². The van der Waals surface area contributed by atoms with E-state index in [9.17, 15) is 9.90 Å². The molecule has 0 unspecified atom stereocenters. The number of para-hydroxylation sites is 1. The fourth-order valence-electron chi connectivity index (χ4n) is 3.24. The van der Waals surface area contributed by atoms with Crippen LogP contribution in [0.1, 0.15) is 36.0 Å².